The molecule has 3 rings (SSSR count). The number of benzene rings is 2. The van der Waals surface area contributed by atoms with Crippen LogP contribution in [0.15, 0.2) is 47.4 Å². The maximum atomic E-state index is 12.9. The lowest BCUT2D eigenvalue weighted by Crippen LogP contribution is -2.50. The van der Waals surface area contributed by atoms with E-state index in [9.17, 15) is 13.2 Å². The van der Waals surface area contributed by atoms with Crippen LogP contribution in [0, 0.1) is 0 Å². The fourth-order valence-corrected chi connectivity index (χ4v) is 5.13. The number of carbonyl (C=O) groups excluding carboxylic acids is 1. The highest BCUT2D eigenvalue weighted by atomic mass is 35.5. The summed E-state index contributed by atoms with van der Waals surface area (Å²) in [7, 11) is -2.01. The lowest BCUT2D eigenvalue weighted by atomic mass is 10.0. The van der Waals surface area contributed by atoms with Crippen molar-refractivity contribution in [2.75, 3.05) is 45.2 Å². The van der Waals surface area contributed by atoms with E-state index >= 15 is 0 Å². The predicted molar refractivity (Wildman–Crippen MR) is 122 cm³/mol. The van der Waals surface area contributed by atoms with Gasteiger partial charge in [-0.3, -0.25) is 9.69 Å². The zero-order chi connectivity index (χ0) is 22.6. The Morgan fingerprint density at radius 2 is 1.74 bits per heavy atom. The molecule has 1 amide bonds. The number of methoxy groups -OCH3 is 1. The highest BCUT2D eigenvalue weighted by molar-refractivity contribution is 7.89. The lowest BCUT2D eigenvalue weighted by molar-refractivity contribution is -0.117. The third-order valence-corrected chi connectivity index (χ3v) is 7.53. The second kappa shape index (κ2) is 9.99. The highest BCUT2D eigenvalue weighted by Gasteiger charge is 2.29. The summed E-state index contributed by atoms with van der Waals surface area (Å²) in [4.78, 5) is 14.6. The van der Waals surface area contributed by atoms with Crippen molar-refractivity contribution in [1.29, 1.82) is 0 Å². The molecule has 0 spiro atoms. The maximum absolute atomic E-state index is 12.9. The molecular weight excluding hydrogens is 438 g/mol. The van der Waals surface area contributed by atoms with Crippen molar-refractivity contribution in [3.63, 3.8) is 0 Å². The summed E-state index contributed by atoms with van der Waals surface area (Å²) in [6.45, 7) is 5.98. The molecule has 2 aromatic rings. The van der Waals surface area contributed by atoms with E-state index in [4.69, 9.17) is 16.3 Å². The van der Waals surface area contributed by atoms with E-state index < -0.39 is 10.0 Å². The molecule has 31 heavy (non-hydrogen) atoms. The van der Waals surface area contributed by atoms with Crippen LogP contribution >= 0.6 is 11.6 Å². The predicted octanol–water partition coefficient (Wildman–Crippen LogP) is 3.42. The average molecular weight is 466 g/mol. The molecule has 7 nitrogen and oxygen atoms in total. The van der Waals surface area contributed by atoms with Crippen molar-refractivity contribution in [2.45, 2.75) is 24.7 Å². The Morgan fingerprint density at radius 3 is 2.29 bits per heavy atom. The molecule has 1 aliphatic heterocycles. The zero-order valence-electron chi connectivity index (χ0n) is 18.0. The number of carbonyl (C=O) groups is 1. The minimum atomic E-state index is -3.54. The molecule has 1 fully saturated rings. The number of sulfonamides is 1. The molecule has 0 unspecified atom stereocenters. The van der Waals surface area contributed by atoms with Crippen molar-refractivity contribution in [2.24, 2.45) is 0 Å². The standard InChI is InChI=1S/C22H28ClN3O4S/c1-16(2)17-4-7-19(8-5-17)31(28,29)26-12-10-25(11-13-26)15-22(27)24-18-6-9-21(30-3)20(23)14-18/h4-9,14,16H,10-13,15H2,1-3H3,(H,24,27). The Kier molecular flexibility index (Phi) is 7.59. The molecule has 1 N–H and O–H groups in total. The van der Waals surface area contributed by atoms with Crippen LogP contribution in [0.25, 0.3) is 0 Å². The normalized spacial score (nSPS) is 15.8. The molecule has 9 heteroatoms. The molecule has 0 aliphatic carbocycles. The maximum Gasteiger partial charge on any atom is 0.243 e. The summed E-state index contributed by atoms with van der Waals surface area (Å²) < 4.78 is 32.4. The fraction of sp³-hybridized carbons (Fsp3) is 0.409. The molecule has 1 heterocycles. The SMILES string of the molecule is COc1ccc(NC(=O)CN2CCN(S(=O)(=O)c3ccc(C(C)C)cc3)CC2)cc1Cl. The van der Waals surface area contributed by atoms with E-state index in [0.29, 0.717) is 53.5 Å². The molecule has 168 valence electrons. The summed E-state index contributed by atoms with van der Waals surface area (Å²) in [5.41, 5.74) is 1.69. The van der Waals surface area contributed by atoms with Gasteiger partial charge in [-0.2, -0.15) is 4.31 Å². The summed E-state index contributed by atoms with van der Waals surface area (Å²) in [6.07, 6.45) is 0. The van der Waals surface area contributed by atoms with Crippen molar-refractivity contribution < 1.29 is 17.9 Å². The van der Waals surface area contributed by atoms with E-state index in [-0.39, 0.29) is 12.5 Å². The average Bonchev–Trinajstić information content (AvgIpc) is 2.74. The molecule has 1 aliphatic rings. The first-order valence-electron chi connectivity index (χ1n) is 10.2. The van der Waals surface area contributed by atoms with Gasteiger partial charge in [0.25, 0.3) is 0 Å². The molecule has 0 saturated carbocycles. The van der Waals surface area contributed by atoms with Gasteiger partial charge >= 0.3 is 0 Å². The molecule has 0 radical (unpaired) electrons. The first-order chi connectivity index (χ1) is 14.7. The van der Waals surface area contributed by atoms with Gasteiger partial charge in [0.05, 0.1) is 23.6 Å². The summed E-state index contributed by atoms with van der Waals surface area (Å²) in [6, 6.07) is 12.1. The minimum absolute atomic E-state index is 0.179. The van der Waals surface area contributed by atoms with Crippen LogP contribution < -0.4 is 10.1 Å². The molecule has 2 aromatic carbocycles. The fourth-order valence-electron chi connectivity index (χ4n) is 3.45. The smallest absolute Gasteiger partial charge is 0.243 e. The van der Waals surface area contributed by atoms with Gasteiger partial charge in [0.1, 0.15) is 5.75 Å². The Bertz CT molecular complexity index is 1020. The number of nitrogens with one attached hydrogen (secondary N) is 1. The van der Waals surface area contributed by atoms with Gasteiger partial charge in [0.15, 0.2) is 0 Å². The van der Waals surface area contributed by atoms with E-state index in [1.165, 1.54) is 11.4 Å². The third kappa shape index (κ3) is 5.77. The topological polar surface area (TPSA) is 79.0 Å². The van der Waals surface area contributed by atoms with E-state index in [1.54, 1.807) is 30.3 Å². The van der Waals surface area contributed by atoms with Crippen LogP contribution in [0.4, 0.5) is 5.69 Å². The number of rotatable bonds is 7. The number of hydrogen-bond donors (Lipinski definition) is 1. The first kappa shape index (κ1) is 23.5. The largest absolute Gasteiger partial charge is 0.495 e. The number of piperazine rings is 1. The van der Waals surface area contributed by atoms with E-state index in [0.717, 1.165) is 5.56 Å². The molecule has 0 bridgehead atoms. The van der Waals surface area contributed by atoms with Crippen LogP contribution in [-0.4, -0.2) is 63.4 Å². The van der Waals surface area contributed by atoms with Gasteiger partial charge in [-0.25, -0.2) is 8.42 Å². The van der Waals surface area contributed by atoms with Gasteiger partial charge in [0.2, 0.25) is 15.9 Å². The number of halogens is 1. The van der Waals surface area contributed by atoms with E-state index in [2.05, 4.69) is 19.2 Å². The molecule has 0 aromatic heterocycles. The lowest BCUT2D eigenvalue weighted by Gasteiger charge is -2.33. The Balaban J connectivity index is 1.54. The van der Waals surface area contributed by atoms with Gasteiger partial charge in [-0.1, -0.05) is 37.6 Å². The van der Waals surface area contributed by atoms with Gasteiger partial charge < -0.3 is 10.1 Å². The summed E-state index contributed by atoms with van der Waals surface area (Å²) >= 11 is 6.09. The van der Waals surface area contributed by atoms with Gasteiger partial charge in [-0.15, -0.1) is 0 Å². The number of ether oxygens (including phenoxy) is 1. The van der Waals surface area contributed by atoms with E-state index in [1.807, 2.05) is 17.0 Å². The van der Waals surface area contributed by atoms with Gasteiger partial charge in [-0.05, 0) is 41.8 Å². The third-order valence-electron chi connectivity index (χ3n) is 5.32. The van der Waals surface area contributed by atoms with Crippen LogP contribution in [0.2, 0.25) is 5.02 Å². The van der Waals surface area contributed by atoms with Gasteiger partial charge in [0, 0.05) is 31.9 Å². The zero-order valence-corrected chi connectivity index (χ0v) is 19.5. The summed E-state index contributed by atoms with van der Waals surface area (Å²) in [5, 5.41) is 3.23. The minimum Gasteiger partial charge on any atom is -0.495 e. The Hall–Kier alpha value is -2.13. The molecule has 0 atom stereocenters. The second-order valence-electron chi connectivity index (χ2n) is 7.80. The monoisotopic (exact) mass is 465 g/mol. The Morgan fingerprint density at radius 1 is 1.10 bits per heavy atom. The highest BCUT2D eigenvalue weighted by Crippen LogP contribution is 2.27. The Labute approximate surface area is 189 Å². The number of hydrogen-bond acceptors (Lipinski definition) is 5. The van der Waals surface area contributed by atoms with Crippen molar-refractivity contribution >= 4 is 33.2 Å². The van der Waals surface area contributed by atoms with Crippen molar-refractivity contribution in [1.82, 2.24) is 9.21 Å². The molecular formula is C22H28ClN3O4S. The number of nitrogens with zero attached hydrogens (tertiary/aromatic N) is 2. The number of amides is 1. The second-order valence-corrected chi connectivity index (χ2v) is 10.1. The quantitative estimate of drug-likeness (QED) is 0.677. The van der Waals surface area contributed by atoms with Crippen molar-refractivity contribution in [3.8, 4) is 5.75 Å². The number of anilines is 1. The van der Waals surface area contributed by atoms with Crippen LogP contribution in [0.1, 0.15) is 25.3 Å². The first-order valence-corrected chi connectivity index (χ1v) is 12.0. The van der Waals surface area contributed by atoms with Crippen LogP contribution in [-0.2, 0) is 14.8 Å². The van der Waals surface area contributed by atoms with Crippen molar-refractivity contribution in [3.05, 3.63) is 53.1 Å². The summed E-state index contributed by atoms with van der Waals surface area (Å²) in [5.74, 6) is 0.707. The molecule has 1 saturated heterocycles. The van der Waals surface area contributed by atoms with Crippen LogP contribution in [0.3, 0.4) is 0 Å². The van der Waals surface area contributed by atoms with Crippen LogP contribution in [0.5, 0.6) is 5.75 Å².